The molecule has 174 valence electrons. The molecule has 1 saturated heterocycles. The van der Waals surface area contributed by atoms with Gasteiger partial charge in [-0.15, -0.1) is 11.3 Å². The summed E-state index contributed by atoms with van der Waals surface area (Å²) in [6, 6.07) is 1.87. The summed E-state index contributed by atoms with van der Waals surface area (Å²) in [4.78, 5) is 23.1. The van der Waals surface area contributed by atoms with Gasteiger partial charge in [-0.25, -0.2) is 13.9 Å². The van der Waals surface area contributed by atoms with Gasteiger partial charge in [0.15, 0.2) is 5.65 Å². The number of aromatic nitrogens is 4. The van der Waals surface area contributed by atoms with Crippen LogP contribution in [0.2, 0.25) is 0 Å². The largest absolute Gasteiger partial charge is 0.387 e. The van der Waals surface area contributed by atoms with Gasteiger partial charge in [0, 0.05) is 18.3 Å². The summed E-state index contributed by atoms with van der Waals surface area (Å²) in [5.41, 5.74) is 5.83. The van der Waals surface area contributed by atoms with Gasteiger partial charge in [0.25, 0.3) is 5.91 Å². The van der Waals surface area contributed by atoms with Crippen molar-refractivity contribution in [3.63, 3.8) is 0 Å². The minimum absolute atomic E-state index is 0.0870. The van der Waals surface area contributed by atoms with Gasteiger partial charge in [-0.05, 0) is 55.9 Å². The summed E-state index contributed by atoms with van der Waals surface area (Å²) in [6.45, 7) is 10.2. The number of thiophene rings is 1. The molecule has 4 aromatic heterocycles. The topological polar surface area (TPSA) is 86.5 Å². The normalized spacial score (nSPS) is 21.6. The molecule has 1 aliphatic rings. The van der Waals surface area contributed by atoms with E-state index < -0.39 is 11.8 Å². The lowest BCUT2D eigenvalue weighted by molar-refractivity contribution is -0.0643. The number of alkyl halides is 1. The van der Waals surface area contributed by atoms with Gasteiger partial charge in [0.1, 0.15) is 12.5 Å². The molecule has 2 atom stereocenters. The number of H-pyrrole nitrogens is 1. The number of hydrogen-bond acceptors (Lipinski definition) is 5. The molecule has 0 radical (unpaired) electrons. The predicted molar refractivity (Wildman–Crippen MR) is 128 cm³/mol. The maximum absolute atomic E-state index is 14.3. The highest BCUT2D eigenvalue weighted by molar-refractivity contribution is 7.21. The maximum atomic E-state index is 14.3. The number of rotatable bonds is 3. The van der Waals surface area contributed by atoms with E-state index in [-0.39, 0.29) is 24.8 Å². The molecule has 0 aliphatic carbocycles. The number of piperidine rings is 1. The predicted octanol–water partition coefficient (Wildman–Crippen LogP) is 4.61. The Bertz CT molecular complexity index is 1380. The Morgan fingerprint density at radius 3 is 2.82 bits per heavy atom. The molecule has 0 unspecified atom stereocenters. The summed E-state index contributed by atoms with van der Waals surface area (Å²) in [5, 5.41) is 14.4. The molecule has 33 heavy (non-hydrogen) atoms. The zero-order valence-corrected chi connectivity index (χ0v) is 20.3. The van der Waals surface area contributed by atoms with Crippen LogP contribution in [0, 0.1) is 13.8 Å². The van der Waals surface area contributed by atoms with Gasteiger partial charge >= 0.3 is 0 Å². The molecular weight excluding hydrogens is 441 g/mol. The first-order valence-electron chi connectivity index (χ1n) is 11.2. The van der Waals surface area contributed by atoms with E-state index in [2.05, 4.69) is 35.8 Å². The second kappa shape index (κ2) is 7.63. The van der Waals surface area contributed by atoms with Crippen LogP contribution in [0.1, 0.15) is 59.5 Å². The quantitative estimate of drug-likeness (QED) is 0.459. The third-order valence-corrected chi connectivity index (χ3v) is 8.08. The van der Waals surface area contributed by atoms with E-state index in [0.29, 0.717) is 11.4 Å². The smallest absolute Gasteiger partial charge is 0.264 e. The van der Waals surface area contributed by atoms with Gasteiger partial charge < -0.3 is 15.0 Å². The van der Waals surface area contributed by atoms with Crippen molar-refractivity contribution >= 4 is 33.1 Å². The number of aromatic amines is 1. The lowest BCUT2D eigenvalue weighted by Gasteiger charge is -2.38. The average molecular weight is 470 g/mol. The molecule has 9 heteroatoms. The molecule has 0 aromatic carbocycles. The summed E-state index contributed by atoms with van der Waals surface area (Å²) in [7, 11) is 0. The molecule has 2 N–H and O–H groups in total. The summed E-state index contributed by atoms with van der Waals surface area (Å²) >= 11 is 1.44. The fourth-order valence-electron chi connectivity index (χ4n) is 4.66. The minimum atomic E-state index is -1.45. The number of nitrogens with zero attached hydrogens (tertiary/aromatic N) is 4. The number of carbonyl (C=O) groups is 1. The highest BCUT2D eigenvalue weighted by Gasteiger charge is 2.40. The van der Waals surface area contributed by atoms with Crippen molar-refractivity contribution in [3.05, 3.63) is 40.2 Å². The molecule has 5 heterocycles. The third kappa shape index (κ3) is 3.45. The number of fused-ring (bicyclic) bond motifs is 2. The molecule has 7 nitrogen and oxygen atoms in total. The minimum Gasteiger partial charge on any atom is -0.387 e. The molecule has 0 bridgehead atoms. The van der Waals surface area contributed by atoms with E-state index >= 15 is 0 Å². The number of aliphatic hydroxyl groups is 1. The highest BCUT2D eigenvalue weighted by Crippen LogP contribution is 2.41. The molecule has 1 amide bonds. The molecule has 4 aromatic rings. The monoisotopic (exact) mass is 469 g/mol. The van der Waals surface area contributed by atoms with Crippen molar-refractivity contribution in [2.24, 2.45) is 0 Å². The van der Waals surface area contributed by atoms with Gasteiger partial charge in [-0.2, -0.15) is 5.10 Å². The Labute approximate surface area is 195 Å². The maximum Gasteiger partial charge on any atom is 0.264 e. The third-order valence-electron chi connectivity index (χ3n) is 6.92. The average Bonchev–Trinajstić information content (AvgIpc) is 3.45. The molecule has 0 saturated carbocycles. The number of amides is 1. The first kappa shape index (κ1) is 22.0. The fourth-order valence-corrected chi connectivity index (χ4v) is 5.94. The van der Waals surface area contributed by atoms with E-state index in [4.69, 9.17) is 0 Å². The van der Waals surface area contributed by atoms with Crippen LogP contribution < -0.4 is 0 Å². The number of hydrogen-bond donors (Lipinski definition) is 2. The van der Waals surface area contributed by atoms with Gasteiger partial charge in [-0.3, -0.25) is 4.79 Å². The van der Waals surface area contributed by atoms with Crippen molar-refractivity contribution in [2.75, 3.05) is 13.1 Å². The van der Waals surface area contributed by atoms with Crippen molar-refractivity contribution in [1.82, 2.24) is 24.5 Å². The van der Waals surface area contributed by atoms with Crippen molar-refractivity contribution < 1.29 is 14.3 Å². The Kier molecular flexibility index (Phi) is 5.10. The van der Waals surface area contributed by atoms with E-state index in [1.165, 1.54) is 23.2 Å². The van der Waals surface area contributed by atoms with Crippen LogP contribution in [0.25, 0.3) is 27.1 Å². The van der Waals surface area contributed by atoms with Crippen molar-refractivity contribution in [3.8, 4) is 11.3 Å². The highest BCUT2D eigenvalue weighted by atomic mass is 32.1. The van der Waals surface area contributed by atoms with E-state index in [1.807, 2.05) is 19.2 Å². The lowest BCUT2D eigenvalue weighted by atomic mass is 9.92. The Morgan fingerprint density at radius 2 is 2.12 bits per heavy atom. The SMILES string of the molecule is Cc1c(-c2[nH]c3cc(C(=O)N4CC[C@@](C)(O)[C@@H](F)C4)sc3c2C(C)C)cn2ncnc2c1C. The van der Waals surface area contributed by atoms with Crippen molar-refractivity contribution in [2.45, 2.75) is 58.7 Å². The zero-order valence-electron chi connectivity index (χ0n) is 19.4. The van der Waals surface area contributed by atoms with Crippen LogP contribution in [0.5, 0.6) is 0 Å². The second-order valence-corrected chi connectivity index (χ2v) is 10.6. The Morgan fingerprint density at radius 1 is 1.36 bits per heavy atom. The van der Waals surface area contributed by atoms with Crippen LogP contribution in [0.15, 0.2) is 18.6 Å². The molecule has 1 fully saturated rings. The summed E-state index contributed by atoms with van der Waals surface area (Å²) in [6.07, 6.45) is 2.34. The van der Waals surface area contributed by atoms with E-state index in [9.17, 15) is 14.3 Å². The van der Waals surface area contributed by atoms with E-state index in [1.54, 1.807) is 10.8 Å². The number of nitrogens with one attached hydrogen (secondary N) is 1. The fraction of sp³-hybridized carbons (Fsp3) is 0.458. The summed E-state index contributed by atoms with van der Waals surface area (Å²) < 4.78 is 17.2. The first-order chi connectivity index (χ1) is 15.6. The number of pyridine rings is 1. The van der Waals surface area contributed by atoms with Crippen LogP contribution in [-0.4, -0.2) is 60.4 Å². The number of halogens is 1. The first-order valence-corrected chi connectivity index (χ1v) is 12.0. The Hall–Kier alpha value is -2.78. The number of likely N-dealkylation sites (tertiary alicyclic amines) is 1. The number of carbonyl (C=O) groups excluding carboxylic acids is 1. The van der Waals surface area contributed by atoms with Gasteiger partial charge in [-0.1, -0.05) is 13.8 Å². The number of aryl methyl sites for hydroxylation is 1. The van der Waals surface area contributed by atoms with Crippen LogP contribution in [0.3, 0.4) is 0 Å². The molecule has 1 aliphatic heterocycles. The molecular formula is C24H28FN5O2S. The van der Waals surface area contributed by atoms with E-state index in [0.717, 1.165) is 43.8 Å². The second-order valence-electron chi connectivity index (χ2n) is 9.57. The van der Waals surface area contributed by atoms with Crippen LogP contribution in [-0.2, 0) is 0 Å². The Balaban J connectivity index is 1.56. The molecule has 0 spiro atoms. The molecule has 5 rings (SSSR count). The zero-order chi connectivity index (χ0) is 23.7. The lowest BCUT2D eigenvalue weighted by Crippen LogP contribution is -2.53. The van der Waals surface area contributed by atoms with Crippen LogP contribution in [0.4, 0.5) is 4.39 Å². The van der Waals surface area contributed by atoms with Crippen molar-refractivity contribution in [1.29, 1.82) is 0 Å². The van der Waals surface area contributed by atoms with Gasteiger partial charge in [0.05, 0.1) is 32.9 Å². The van der Waals surface area contributed by atoms with Crippen LogP contribution >= 0.6 is 11.3 Å². The summed E-state index contributed by atoms with van der Waals surface area (Å²) in [5.74, 6) is 0.0388. The standard InChI is InChI=1S/C24H28FN5O2S/c1-12(2)19-20(15-9-30-22(26-11-27-30)14(4)13(15)3)28-16-8-17(33-21(16)19)23(31)29-7-6-24(5,32)18(25)10-29/h8-9,11-12,18,28,32H,6-7,10H2,1-5H3/t18-,24+/m0/s1. The van der Waals surface area contributed by atoms with Gasteiger partial charge in [0.2, 0.25) is 0 Å².